The molecule has 1 aromatic carbocycles. The molecule has 3 rings (SSSR count). The van der Waals surface area contributed by atoms with Crippen molar-refractivity contribution < 1.29 is 4.79 Å². The van der Waals surface area contributed by atoms with Crippen LogP contribution in [-0.4, -0.2) is 28.7 Å². The van der Waals surface area contributed by atoms with Crippen LogP contribution in [0.15, 0.2) is 47.8 Å². The van der Waals surface area contributed by atoms with E-state index in [0.29, 0.717) is 17.5 Å². The highest BCUT2D eigenvalue weighted by molar-refractivity contribution is 5.94. The summed E-state index contributed by atoms with van der Waals surface area (Å²) in [5.41, 5.74) is 6.87. The summed E-state index contributed by atoms with van der Waals surface area (Å²) in [5, 5.41) is 4.12. The van der Waals surface area contributed by atoms with Crippen LogP contribution >= 0.6 is 0 Å². The van der Waals surface area contributed by atoms with Gasteiger partial charge in [-0.3, -0.25) is 9.78 Å². The molecule has 1 aliphatic heterocycles. The molecule has 0 bridgehead atoms. The summed E-state index contributed by atoms with van der Waals surface area (Å²) in [6.07, 6.45) is 5.99. The Balaban J connectivity index is 1.80. The van der Waals surface area contributed by atoms with Gasteiger partial charge < -0.3 is 4.90 Å². The summed E-state index contributed by atoms with van der Waals surface area (Å²) in [7, 11) is 0. The number of carbonyl (C=O) groups excluding carboxylic acids is 1. The number of nitrogens with zero attached hydrogens (tertiary/aromatic N) is 3. The van der Waals surface area contributed by atoms with Gasteiger partial charge in [-0.1, -0.05) is 13.0 Å². The highest BCUT2D eigenvalue weighted by atomic mass is 16.2. The number of anilines is 1. The monoisotopic (exact) mass is 364 g/mol. The smallest absolute Gasteiger partial charge is 0.271 e. The Morgan fingerprint density at radius 1 is 1.30 bits per heavy atom. The lowest BCUT2D eigenvalue weighted by atomic mass is 9.79. The van der Waals surface area contributed by atoms with Crippen LogP contribution in [0.1, 0.15) is 68.4 Å². The van der Waals surface area contributed by atoms with Crippen molar-refractivity contribution in [3.63, 3.8) is 0 Å². The van der Waals surface area contributed by atoms with Crippen molar-refractivity contribution in [1.82, 2.24) is 10.4 Å². The van der Waals surface area contributed by atoms with E-state index in [-0.39, 0.29) is 11.4 Å². The van der Waals surface area contributed by atoms with Gasteiger partial charge in [0.2, 0.25) is 0 Å². The molecule has 5 heteroatoms. The molecule has 1 amide bonds. The van der Waals surface area contributed by atoms with E-state index in [2.05, 4.69) is 73.2 Å². The van der Waals surface area contributed by atoms with Gasteiger partial charge in [0.1, 0.15) is 0 Å². The summed E-state index contributed by atoms with van der Waals surface area (Å²) < 4.78 is 0. The molecule has 0 saturated heterocycles. The van der Waals surface area contributed by atoms with Crippen LogP contribution in [0.3, 0.4) is 0 Å². The van der Waals surface area contributed by atoms with Gasteiger partial charge in [-0.25, -0.2) is 5.43 Å². The first-order valence-corrected chi connectivity index (χ1v) is 9.46. The maximum atomic E-state index is 12.0. The molecule has 142 valence electrons. The number of hydrogen-bond donors (Lipinski definition) is 1. The normalized spacial score (nSPS) is 18.6. The lowest BCUT2D eigenvalue weighted by Gasteiger charge is -2.50. The van der Waals surface area contributed by atoms with Crippen molar-refractivity contribution in [1.29, 1.82) is 0 Å². The fourth-order valence-electron chi connectivity index (χ4n) is 4.26. The number of fused-ring (bicyclic) bond motifs is 1. The number of hydrogen-bond acceptors (Lipinski definition) is 4. The van der Waals surface area contributed by atoms with E-state index in [1.807, 2.05) is 0 Å². The predicted molar refractivity (Wildman–Crippen MR) is 110 cm³/mol. The van der Waals surface area contributed by atoms with E-state index in [1.165, 1.54) is 11.3 Å². The maximum Gasteiger partial charge on any atom is 0.271 e. The Morgan fingerprint density at radius 2 is 2.00 bits per heavy atom. The number of aromatic nitrogens is 1. The minimum Gasteiger partial charge on any atom is -0.364 e. The fraction of sp³-hybridized carbons (Fsp3) is 0.409. The van der Waals surface area contributed by atoms with Crippen molar-refractivity contribution in [2.45, 2.75) is 58.5 Å². The number of hydrazone groups is 1. The molecule has 0 unspecified atom stereocenters. The summed E-state index contributed by atoms with van der Waals surface area (Å²) in [6.45, 7) is 11.4. The first-order chi connectivity index (χ1) is 12.8. The van der Waals surface area contributed by atoms with Crippen LogP contribution in [0.2, 0.25) is 0 Å². The van der Waals surface area contributed by atoms with Crippen molar-refractivity contribution in [2.75, 3.05) is 4.90 Å². The van der Waals surface area contributed by atoms with Crippen LogP contribution in [0.5, 0.6) is 0 Å². The molecule has 5 nitrogen and oxygen atoms in total. The van der Waals surface area contributed by atoms with Crippen LogP contribution in [-0.2, 0) is 0 Å². The molecule has 0 spiro atoms. The Labute approximate surface area is 161 Å². The Hall–Kier alpha value is -2.69. The number of amides is 1. The molecular formula is C22H28N4O. The first kappa shape index (κ1) is 19.1. The third-order valence-electron chi connectivity index (χ3n) is 5.14. The van der Waals surface area contributed by atoms with Crippen molar-refractivity contribution in [3.8, 4) is 0 Å². The number of pyridine rings is 1. The minimum absolute atomic E-state index is 0.134. The zero-order valence-corrected chi connectivity index (χ0v) is 16.7. The molecule has 2 heterocycles. The Kier molecular flexibility index (Phi) is 5.31. The third-order valence-corrected chi connectivity index (χ3v) is 5.14. The molecule has 0 aliphatic carbocycles. The van der Waals surface area contributed by atoms with Gasteiger partial charge in [0, 0.05) is 35.2 Å². The van der Waals surface area contributed by atoms with Gasteiger partial charge >= 0.3 is 0 Å². The van der Waals surface area contributed by atoms with Crippen molar-refractivity contribution >= 4 is 17.8 Å². The van der Waals surface area contributed by atoms with Gasteiger partial charge in [0.25, 0.3) is 5.91 Å². The van der Waals surface area contributed by atoms with Crippen LogP contribution in [0.4, 0.5) is 5.69 Å². The number of carbonyl (C=O) groups is 1. The van der Waals surface area contributed by atoms with Crippen molar-refractivity contribution in [2.24, 2.45) is 5.10 Å². The lowest BCUT2D eigenvalue weighted by molar-refractivity contribution is 0.0955. The molecule has 1 aromatic heterocycles. The van der Waals surface area contributed by atoms with E-state index in [0.717, 1.165) is 12.0 Å². The van der Waals surface area contributed by atoms with E-state index in [4.69, 9.17) is 0 Å². The van der Waals surface area contributed by atoms with Gasteiger partial charge in [-0.05, 0) is 75.4 Å². The molecule has 2 aromatic rings. The summed E-state index contributed by atoms with van der Waals surface area (Å²) >= 11 is 0. The standard InChI is InChI=1S/C22H28N4O/c1-15(2)26-20-7-6-17(12-19(20)16(3)13-22(26,4)5)14-24-25-21(27)18-8-10-23-11-9-18/h6-12,14-16H,13H2,1-5H3,(H,25,27)/b24-14-/t16-/m0/s1. The zero-order chi connectivity index (χ0) is 19.6. The first-order valence-electron chi connectivity index (χ1n) is 9.46. The number of benzene rings is 1. The second-order valence-corrected chi connectivity index (χ2v) is 8.13. The summed E-state index contributed by atoms with van der Waals surface area (Å²) in [5.74, 6) is 0.234. The molecule has 1 N–H and O–H groups in total. The third kappa shape index (κ3) is 4.02. The van der Waals surface area contributed by atoms with Gasteiger partial charge in [0.15, 0.2) is 0 Å². The quantitative estimate of drug-likeness (QED) is 0.648. The summed E-state index contributed by atoms with van der Waals surface area (Å²) in [6, 6.07) is 10.2. The minimum atomic E-state index is -0.243. The second-order valence-electron chi connectivity index (χ2n) is 8.13. The SMILES string of the molecule is CC(C)N1c2ccc(/C=N\NC(=O)c3ccncc3)cc2[C@@H](C)CC1(C)C. The number of nitrogens with one attached hydrogen (secondary N) is 1. The topological polar surface area (TPSA) is 57.6 Å². The molecule has 27 heavy (non-hydrogen) atoms. The Morgan fingerprint density at radius 3 is 2.67 bits per heavy atom. The maximum absolute atomic E-state index is 12.0. The Bertz CT molecular complexity index is 843. The second kappa shape index (κ2) is 7.51. The predicted octanol–water partition coefficient (Wildman–Crippen LogP) is 4.35. The van der Waals surface area contributed by atoms with E-state index in [1.54, 1.807) is 30.7 Å². The number of rotatable bonds is 4. The van der Waals surface area contributed by atoms with Crippen molar-refractivity contribution in [3.05, 3.63) is 59.4 Å². The highest BCUT2D eigenvalue weighted by Crippen LogP contribution is 2.44. The molecule has 0 fully saturated rings. The lowest BCUT2D eigenvalue weighted by Crippen LogP contribution is -2.51. The average Bonchev–Trinajstić information content (AvgIpc) is 2.61. The van der Waals surface area contributed by atoms with Crippen LogP contribution in [0, 0.1) is 0 Å². The van der Waals surface area contributed by atoms with E-state index in [9.17, 15) is 4.79 Å². The largest absolute Gasteiger partial charge is 0.364 e. The van der Waals surface area contributed by atoms with E-state index >= 15 is 0 Å². The molecule has 1 atom stereocenters. The molecule has 0 saturated carbocycles. The fourth-order valence-corrected chi connectivity index (χ4v) is 4.26. The average molecular weight is 364 g/mol. The van der Waals surface area contributed by atoms with Gasteiger partial charge in [-0.2, -0.15) is 5.10 Å². The van der Waals surface area contributed by atoms with Crippen LogP contribution < -0.4 is 10.3 Å². The highest BCUT2D eigenvalue weighted by Gasteiger charge is 2.37. The van der Waals surface area contributed by atoms with Gasteiger partial charge in [0.05, 0.1) is 6.21 Å². The summed E-state index contributed by atoms with van der Waals surface area (Å²) in [4.78, 5) is 18.5. The van der Waals surface area contributed by atoms with Crippen LogP contribution in [0.25, 0.3) is 0 Å². The van der Waals surface area contributed by atoms with Gasteiger partial charge in [-0.15, -0.1) is 0 Å². The molecule has 1 aliphatic rings. The van der Waals surface area contributed by atoms with E-state index < -0.39 is 0 Å². The molecule has 0 radical (unpaired) electrons. The molecular weight excluding hydrogens is 336 g/mol. The zero-order valence-electron chi connectivity index (χ0n) is 16.7.